The van der Waals surface area contributed by atoms with Crippen LogP contribution in [0.5, 0.6) is 0 Å². The minimum atomic E-state index is -3.27. The van der Waals surface area contributed by atoms with Crippen LogP contribution in [0.3, 0.4) is 0 Å². The van der Waals surface area contributed by atoms with Crippen molar-refractivity contribution in [3.05, 3.63) is 72.1 Å². The molecule has 0 fully saturated rings. The Bertz CT molecular complexity index is 1080. The van der Waals surface area contributed by atoms with Crippen LogP contribution in [-0.2, 0) is 9.84 Å². The van der Waals surface area contributed by atoms with Gasteiger partial charge in [0.2, 0.25) is 0 Å². The summed E-state index contributed by atoms with van der Waals surface area (Å²) < 4.78 is 25.1. The van der Waals surface area contributed by atoms with E-state index in [4.69, 9.17) is 0 Å². The van der Waals surface area contributed by atoms with Gasteiger partial charge in [0.05, 0.1) is 16.3 Å². The molecule has 0 saturated heterocycles. The highest BCUT2D eigenvalue weighted by Gasteiger charge is 2.15. The smallest absolute Gasteiger partial charge is 0.175 e. The first-order valence-corrected chi connectivity index (χ1v) is 11.7. The molecular formula is C21H22N2O3S2. The standard InChI is InChI=1S/C21H22N2O3S2/c1-15(2)18-6-4-5-7-19(18)23-13-12-22-21(23)27-14-20(24)16-8-10-17(11-9-16)28(3,25)26/h4-13,15H,14H2,1-3H3. The molecule has 0 saturated carbocycles. The Kier molecular flexibility index (Phi) is 6.05. The van der Waals surface area contributed by atoms with Gasteiger partial charge in [0.15, 0.2) is 20.8 Å². The molecule has 146 valence electrons. The number of sulfone groups is 1. The van der Waals surface area contributed by atoms with Crippen LogP contribution >= 0.6 is 11.8 Å². The molecular weight excluding hydrogens is 392 g/mol. The third-order valence-electron chi connectivity index (χ3n) is 4.36. The Hall–Kier alpha value is -2.38. The van der Waals surface area contributed by atoms with Crippen molar-refractivity contribution >= 4 is 27.4 Å². The van der Waals surface area contributed by atoms with Crippen LogP contribution in [0.25, 0.3) is 5.69 Å². The molecule has 0 aliphatic heterocycles. The van der Waals surface area contributed by atoms with Gasteiger partial charge in [-0.3, -0.25) is 9.36 Å². The molecule has 3 aromatic rings. The summed E-state index contributed by atoms with van der Waals surface area (Å²) in [5.74, 6) is 0.516. The van der Waals surface area contributed by atoms with Crippen molar-refractivity contribution in [2.45, 2.75) is 29.8 Å². The summed E-state index contributed by atoms with van der Waals surface area (Å²) in [4.78, 5) is 17.1. The normalized spacial score (nSPS) is 11.7. The largest absolute Gasteiger partial charge is 0.295 e. The van der Waals surface area contributed by atoms with Crippen LogP contribution in [0.4, 0.5) is 0 Å². The second kappa shape index (κ2) is 8.32. The van der Waals surface area contributed by atoms with Crippen molar-refractivity contribution in [3.63, 3.8) is 0 Å². The quantitative estimate of drug-likeness (QED) is 0.424. The predicted octanol–water partition coefficient (Wildman–Crippen LogP) is 4.37. The molecule has 0 radical (unpaired) electrons. The molecule has 0 unspecified atom stereocenters. The highest BCUT2D eigenvalue weighted by atomic mass is 32.2. The maximum Gasteiger partial charge on any atom is 0.175 e. The molecule has 0 aliphatic carbocycles. The number of hydrogen-bond acceptors (Lipinski definition) is 5. The van der Waals surface area contributed by atoms with Crippen LogP contribution in [-0.4, -0.2) is 35.8 Å². The Balaban J connectivity index is 1.77. The number of aromatic nitrogens is 2. The number of hydrogen-bond donors (Lipinski definition) is 0. The van der Waals surface area contributed by atoms with Gasteiger partial charge in [-0.05, 0) is 29.7 Å². The van der Waals surface area contributed by atoms with Crippen LogP contribution in [0.1, 0.15) is 35.7 Å². The minimum Gasteiger partial charge on any atom is -0.295 e. The van der Waals surface area contributed by atoms with Gasteiger partial charge < -0.3 is 0 Å². The molecule has 0 bridgehead atoms. The van der Waals surface area contributed by atoms with Gasteiger partial charge in [-0.15, -0.1) is 0 Å². The maximum absolute atomic E-state index is 12.5. The molecule has 0 spiro atoms. The number of Topliss-reactive ketones (excluding diaryl/α,β-unsaturated/α-hetero) is 1. The lowest BCUT2D eigenvalue weighted by Crippen LogP contribution is -2.06. The van der Waals surface area contributed by atoms with E-state index in [9.17, 15) is 13.2 Å². The summed E-state index contributed by atoms with van der Waals surface area (Å²) in [6.45, 7) is 4.29. The highest BCUT2D eigenvalue weighted by Crippen LogP contribution is 2.27. The number of para-hydroxylation sites is 1. The van der Waals surface area contributed by atoms with Crippen LogP contribution in [0.15, 0.2) is 71.0 Å². The zero-order valence-electron chi connectivity index (χ0n) is 16.0. The summed E-state index contributed by atoms with van der Waals surface area (Å²) in [5.41, 5.74) is 2.76. The zero-order valence-corrected chi connectivity index (χ0v) is 17.6. The number of imidazole rings is 1. The van der Waals surface area contributed by atoms with Crippen LogP contribution in [0, 0.1) is 0 Å². The van der Waals surface area contributed by atoms with E-state index in [1.165, 1.54) is 29.5 Å². The molecule has 0 aliphatic rings. The molecule has 7 heteroatoms. The van der Waals surface area contributed by atoms with Crippen molar-refractivity contribution < 1.29 is 13.2 Å². The second-order valence-corrected chi connectivity index (χ2v) is 9.76. The second-order valence-electron chi connectivity index (χ2n) is 6.80. The number of carbonyl (C=O) groups is 1. The number of thioether (sulfide) groups is 1. The molecule has 28 heavy (non-hydrogen) atoms. The van der Waals surface area contributed by atoms with Crippen molar-refractivity contribution in [1.82, 2.24) is 9.55 Å². The first-order valence-electron chi connectivity index (χ1n) is 8.86. The zero-order chi connectivity index (χ0) is 20.3. The third-order valence-corrected chi connectivity index (χ3v) is 6.46. The summed E-state index contributed by atoms with van der Waals surface area (Å²) in [5, 5.41) is 0.745. The monoisotopic (exact) mass is 414 g/mol. The molecule has 0 N–H and O–H groups in total. The van der Waals surface area contributed by atoms with E-state index in [1.54, 1.807) is 18.3 Å². The first-order chi connectivity index (χ1) is 13.3. The van der Waals surface area contributed by atoms with Gasteiger partial charge in [-0.25, -0.2) is 13.4 Å². The van der Waals surface area contributed by atoms with Gasteiger partial charge in [-0.2, -0.15) is 0 Å². The minimum absolute atomic E-state index is 0.0725. The van der Waals surface area contributed by atoms with E-state index in [2.05, 4.69) is 24.9 Å². The molecule has 5 nitrogen and oxygen atoms in total. The van der Waals surface area contributed by atoms with Crippen molar-refractivity contribution in [2.75, 3.05) is 12.0 Å². The topological polar surface area (TPSA) is 69.0 Å². The molecule has 0 amide bonds. The number of benzene rings is 2. The summed E-state index contributed by atoms with van der Waals surface area (Å²) >= 11 is 1.37. The van der Waals surface area contributed by atoms with E-state index in [0.717, 1.165) is 17.1 Å². The molecule has 1 heterocycles. The number of carbonyl (C=O) groups excluding carboxylic acids is 1. The highest BCUT2D eigenvalue weighted by molar-refractivity contribution is 7.99. The maximum atomic E-state index is 12.5. The van der Waals surface area contributed by atoms with Gasteiger partial charge in [0.1, 0.15) is 0 Å². The van der Waals surface area contributed by atoms with Crippen LogP contribution < -0.4 is 0 Å². The van der Waals surface area contributed by atoms with E-state index in [1.807, 2.05) is 29.0 Å². The SMILES string of the molecule is CC(C)c1ccccc1-n1ccnc1SCC(=O)c1ccc(S(C)(=O)=O)cc1. The Morgan fingerprint density at radius 1 is 1.11 bits per heavy atom. The molecule has 1 aromatic heterocycles. The van der Waals surface area contributed by atoms with Crippen molar-refractivity contribution in [1.29, 1.82) is 0 Å². The predicted molar refractivity (Wildman–Crippen MR) is 112 cm³/mol. The summed E-state index contributed by atoms with van der Waals surface area (Å²) in [6, 6.07) is 14.2. The third kappa shape index (κ3) is 4.54. The first kappa shape index (κ1) is 20.4. The Morgan fingerprint density at radius 2 is 1.79 bits per heavy atom. The van der Waals surface area contributed by atoms with Gasteiger partial charge in [0.25, 0.3) is 0 Å². The van der Waals surface area contributed by atoms with E-state index in [-0.39, 0.29) is 16.4 Å². The Labute approximate surface area is 169 Å². The fourth-order valence-corrected chi connectivity index (χ4v) is 4.37. The van der Waals surface area contributed by atoms with Crippen molar-refractivity contribution in [3.8, 4) is 5.69 Å². The average molecular weight is 415 g/mol. The number of rotatable bonds is 7. The van der Waals surface area contributed by atoms with Gasteiger partial charge in [-0.1, -0.05) is 55.9 Å². The van der Waals surface area contributed by atoms with E-state index >= 15 is 0 Å². The number of ketones is 1. The lowest BCUT2D eigenvalue weighted by molar-refractivity contribution is 0.102. The molecule has 0 atom stereocenters. The fraction of sp³-hybridized carbons (Fsp3) is 0.238. The lowest BCUT2D eigenvalue weighted by Gasteiger charge is -2.15. The Morgan fingerprint density at radius 3 is 2.43 bits per heavy atom. The fourth-order valence-electron chi connectivity index (χ4n) is 2.88. The molecule has 2 aromatic carbocycles. The van der Waals surface area contributed by atoms with Gasteiger partial charge in [0, 0.05) is 24.2 Å². The number of nitrogens with zero attached hydrogens (tertiary/aromatic N) is 2. The average Bonchev–Trinajstić information content (AvgIpc) is 3.14. The van der Waals surface area contributed by atoms with E-state index in [0.29, 0.717) is 11.5 Å². The summed E-state index contributed by atoms with van der Waals surface area (Å²) in [7, 11) is -3.27. The van der Waals surface area contributed by atoms with E-state index < -0.39 is 9.84 Å². The lowest BCUT2D eigenvalue weighted by atomic mass is 10.0. The summed E-state index contributed by atoms with van der Waals surface area (Å²) in [6.07, 6.45) is 4.77. The van der Waals surface area contributed by atoms with Crippen LogP contribution in [0.2, 0.25) is 0 Å². The van der Waals surface area contributed by atoms with Crippen molar-refractivity contribution in [2.24, 2.45) is 0 Å². The molecule has 3 rings (SSSR count). The van der Waals surface area contributed by atoms with Gasteiger partial charge >= 0.3 is 0 Å².